The number of carbonyl (C=O) groups is 1. The van der Waals surface area contributed by atoms with Gasteiger partial charge in [-0.05, 0) is 42.8 Å². The molecule has 2 rings (SSSR count). The number of nitriles is 1. The Balaban J connectivity index is 2.09. The molecule has 4 heteroatoms. The van der Waals surface area contributed by atoms with E-state index in [1.807, 2.05) is 19.1 Å². The molecular weight excluding hydrogens is 250 g/mol. The van der Waals surface area contributed by atoms with Crippen LogP contribution in [-0.4, -0.2) is 5.91 Å². The first-order valence-corrected chi connectivity index (χ1v) is 6.26. The molecule has 1 unspecified atom stereocenters. The molecule has 0 spiro atoms. The van der Waals surface area contributed by atoms with E-state index in [1.54, 1.807) is 36.4 Å². The number of nitrogens with zero attached hydrogens (tertiary/aromatic N) is 1. The average Bonchev–Trinajstić information content (AvgIpc) is 2.47. The van der Waals surface area contributed by atoms with E-state index in [0.717, 1.165) is 5.56 Å². The molecule has 100 valence electrons. The number of nitrogens with two attached hydrogens (primary N) is 1. The Labute approximate surface area is 117 Å². The molecule has 0 aliphatic rings. The molecule has 0 heterocycles. The number of amides is 1. The van der Waals surface area contributed by atoms with E-state index in [1.165, 1.54) is 0 Å². The minimum atomic E-state index is -0.172. The fraction of sp³-hybridized carbons (Fsp3) is 0.125. The Morgan fingerprint density at radius 2 is 1.95 bits per heavy atom. The number of benzene rings is 2. The molecule has 0 saturated heterocycles. The minimum Gasteiger partial charge on any atom is -0.399 e. The Bertz CT molecular complexity index is 656. The molecule has 0 saturated carbocycles. The van der Waals surface area contributed by atoms with E-state index >= 15 is 0 Å². The summed E-state index contributed by atoms with van der Waals surface area (Å²) in [5.74, 6) is -0.172. The van der Waals surface area contributed by atoms with Crippen molar-refractivity contribution >= 4 is 11.6 Å². The monoisotopic (exact) mass is 265 g/mol. The lowest BCUT2D eigenvalue weighted by atomic mass is 10.1. The molecule has 1 atom stereocenters. The van der Waals surface area contributed by atoms with Crippen molar-refractivity contribution in [1.29, 1.82) is 5.26 Å². The Kier molecular flexibility index (Phi) is 4.02. The zero-order valence-electron chi connectivity index (χ0n) is 11.1. The molecule has 0 fully saturated rings. The van der Waals surface area contributed by atoms with Crippen molar-refractivity contribution in [1.82, 2.24) is 5.32 Å². The second-order valence-corrected chi connectivity index (χ2v) is 4.55. The third-order valence-corrected chi connectivity index (χ3v) is 3.04. The summed E-state index contributed by atoms with van der Waals surface area (Å²) in [5, 5.41) is 11.7. The van der Waals surface area contributed by atoms with Crippen LogP contribution >= 0.6 is 0 Å². The van der Waals surface area contributed by atoms with Crippen LogP contribution in [0.4, 0.5) is 5.69 Å². The molecule has 1 amide bonds. The number of nitrogens with one attached hydrogen (secondary N) is 1. The predicted octanol–water partition coefficient (Wildman–Crippen LogP) is 2.63. The van der Waals surface area contributed by atoms with Gasteiger partial charge in [-0.25, -0.2) is 0 Å². The number of rotatable bonds is 3. The van der Waals surface area contributed by atoms with Crippen LogP contribution in [0.1, 0.15) is 34.5 Å². The quantitative estimate of drug-likeness (QED) is 0.837. The minimum absolute atomic E-state index is 0.142. The van der Waals surface area contributed by atoms with E-state index in [9.17, 15) is 4.79 Å². The van der Waals surface area contributed by atoms with E-state index < -0.39 is 0 Å². The molecule has 4 nitrogen and oxygen atoms in total. The van der Waals surface area contributed by atoms with Crippen molar-refractivity contribution in [2.24, 2.45) is 0 Å². The summed E-state index contributed by atoms with van der Waals surface area (Å²) in [6.45, 7) is 1.89. The molecule has 0 aliphatic heterocycles. The smallest absolute Gasteiger partial charge is 0.251 e. The summed E-state index contributed by atoms with van der Waals surface area (Å²) in [6.07, 6.45) is 0. The predicted molar refractivity (Wildman–Crippen MR) is 77.9 cm³/mol. The van der Waals surface area contributed by atoms with Crippen molar-refractivity contribution in [2.75, 3.05) is 5.73 Å². The van der Waals surface area contributed by atoms with Gasteiger partial charge in [0.05, 0.1) is 17.7 Å². The highest BCUT2D eigenvalue weighted by atomic mass is 16.1. The van der Waals surface area contributed by atoms with Crippen LogP contribution in [0.3, 0.4) is 0 Å². The van der Waals surface area contributed by atoms with Gasteiger partial charge in [0.1, 0.15) is 0 Å². The third kappa shape index (κ3) is 3.15. The number of hydrogen-bond acceptors (Lipinski definition) is 3. The fourth-order valence-corrected chi connectivity index (χ4v) is 1.89. The zero-order valence-corrected chi connectivity index (χ0v) is 11.1. The lowest BCUT2D eigenvalue weighted by Crippen LogP contribution is -2.26. The summed E-state index contributed by atoms with van der Waals surface area (Å²) in [5.41, 5.74) is 8.30. The van der Waals surface area contributed by atoms with Gasteiger partial charge in [0.2, 0.25) is 0 Å². The molecule has 0 aliphatic carbocycles. The number of nitrogen functional groups attached to an aromatic ring is 1. The molecule has 20 heavy (non-hydrogen) atoms. The Morgan fingerprint density at radius 1 is 1.25 bits per heavy atom. The molecule has 0 radical (unpaired) electrons. The van der Waals surface area contributed by atoms with Gasteiger partial charge in [-0.1, -0.05) is 18.2 Å². The summed E-state index contributed by atoms with van der Waals surface area (Å²) >= 11 is 0. The van der Waals surface area contributed by atoms with E-state index in [-0.39, 0.29) is 11.9 Å². The maximum absolute atomic E-state index is 12.1. The van der Waals surface area contributed by atoms with Crippen LogP contribution in [-0.2, 0) is 0 Å². The van der Waals surface area contributed by atoms with E-state index in [0.29, 0.717) is 16.8 Å². The number of hydrogen-bond donors (Lipinski definition) is 2. The molecular formula is C16H15N3O. The Morgan fingerprint density at radius 3 is 2.55 bits per heavy atom. The fourth-order valence-electron chi connectivity index (χ4n) is 1.89. The number of anilines is 1. The zero-order chi connectivity index (χ0) is 14.5. The largest absolute Gasteiger partial charge is 0.399 e. The molecule has 0 aromatic heterocycles. The molecule has 0 bridgehead atoms. The second-order valence-electron chi connectivity index (χ2n) is 4.55. The van der Waals surface area contributed by atoms with Gasteiger partial charge >= 0.3 is 0 Å². The van der Waals surface area contributed by atoms with E-state index in [4.69, 9.17) is 11.0 Å². The summed E-state index contributed by atoms with van der Waals surface area (Å²) in [6, 6.07) is 15.9. The van der Waals surface area contributed by atoms with Crippen LogP contribution in [0, 0.1) is 11.3 Å². The average molecular weight is 265 g/mol. The van der Waals surface area contributed by atoms with Crippen LogP contribution in [0.2, 0.25) is 0 Å². The van der Waals surface area contributed by atoms with Crippen LogP contribution in [0.5, 0.6) is 0 Å². The lowest BCUT2D eigenvalue weighted by Gasteiger charge is -2.14. The first kappa shape index (κ1) is 13.6. The van der Waals surface area contributed by atoms with Gasteiger partial charge in [0, 0.05) is 11.3 Å². The molecule has 2 aromatic carbocycles. The van der Waals surface area contributed by atoms with Gasteiger partial charge in [-0.3, -0.25) is 4.79 Å². The normalized spacial score (nSPS) is 11.4. The van der Waals surface area contributed by atoms with Crippen molar-refractivity contribution in [2.45, 2.75) is 13.0 Å². The van der Waals surface area contributed by atoms with Crippen LogP contribution < -0.4 is 11.1 Å². The maximum Gasteiger partial charge on any atom is 0.251 e. The standard InChI is InChI=1S/C16H15N3O/c1-11(13-7-5-12(10-17)6-8-13)19-16(20)14-3-2-4-15(18)9-14/h2-9,11H,18H2,1H3,(H,19,20). The van der Waals surface area contributed by atoms with Gasteiger partial charge in [0.15, 0.2) is 0 Å². The third-order valence-electron chi connectivity index (χ3n) is 3.04. The summed E-state index contributed by atoms with van der Waals surface area (Å²) in [7, 11) is 0. The van der Waals surface area contributed by atoms with Gasteiger partial charge in [0.25, 0.3) is 5.91 Å². The maximum atomic E-state index is 12.1. The first-order chi connectivity index (χ1) is 9.60. The van der Waals surface area contributed by atoms with E-state index in [2.05, 4.69) is 11.4 Å². The van der Waals surface area contributed by atoms with Crippen LogP contribution in [0.25, 0.3) is 0 Å². The highest BCUT2D eigenvalue weighted by molar-refractivity contribution is 5.95. The SMILES string of the molecule is CC(NC(=O)c1cccc(N)c1)c1ccc(C#N)cc1. The number of carbonyl (C=O) groups excluding carboxylic acids is 1. The van der Waals surface area contributed by atoms with Gasteiger partial charge < -0.3 is 11.1 Å². The molecule has 3 N–H and O–H groups in total. The first-order valence-electron chi connectivity index (χ1n) is 6.26. The van der Waals surface area contributed by atoms with Crippen molar-refractivity contribution < 1.29 is 4.79 Å². The van der Waals surface area contributed by atoms with Crippen LogP contribution in [0.15, 0.2) is 48.5 Å². The Hall–Kier alpha value is -2.80. The van der Waals surface area contributed by atoms with Crippen molar-refractivity contribution in [3.05, 3.63) is 65.2 Å². The highest BCUT2D eigenvalue weighted by Gasteiger charge is 2.11. The topological polar surface area (TPSA) is 78.9 Å². The summed E-state index contributed by atoms with van der Waals surface area (Å²) < 4.78 is 0. The van der Waals surface area contributed by atoms with Crippen molar-refractivity contribution in [3.63, 3.8) is 0 Å². The van der Waals surface area contributed by atoms with Gasteiger partial charge in [-0.2, -0.15) is 5.26 Å². The second kappa shape index (κ2) is 5.89. The highest BCUT2D eigenvalue weighted by Crippen LogP contribution is 2.14. The summed E-state index contributed by atoms with van der Waals surface area (Å²) in [4.78, 5) is 12.1. The lowest BCUT2D eigenvalue weighted by molar-refractivity contribution is 0.0940. The van der Waals surface area contributed by atoms with Gasteiger partial charge in [-0.15, -0.1) is 0 Å². The van der Waals surface area contributed by atoms with Crippen molar-refractivity contribution in [3.8, 4) is 6.07 Å². The molecule has 2 aromatic rings.